The van der Waals surface area contributed by atoms with Gasteiger partial charge in [-0.1, -0.05) is 18.2 Å². The van der Waals surface area contributed by atoms with Crippen molar-refractivity contribution in [1.82, 2.24) is 20.5 Å². The molecule has 27 heavy (non-hydrogen) atoms. The fraction of sp³-hybridized carbons (Fsp3) is 0.250. The van der Waals surface area contributed by atoms with E-state index >= 15 is 0 Å². The second-order valence-corrected chi connectivity index (χ2v) is 6.43. The number of rotatable bonds is 5. The summed E-state index contributed by atoms with van der Waals surface area (Å²) < 4.78 is 18.8. The molecule has 3 aromatic rings. The number of nitrogens with one attached hydrogen (secondary N) is 2. The summed E-state index contributed by atoms with van der Waals surface area (Å²) in [6, 6.07) is 9.70. The van der Waals surface area contributed by atoms with Crippen LogP contribution in [-0.4, -0.2) is 40.3 Å². The highest BCUT2D eigenvalue weighted by molar-refractivity contribution is 5.95. The van der Waals surface area contributed by atoms with Gasteiger partial charge in [-0.25, -0.2) is 9.37 Å². The van der Waals surface area contributed by atoms with E-state index in [1.165, 1.54) is 12.1 Å². The minimum Gasteiger partial charge on any atom is -0.376 e. The molecule has 4 rings (SSSR count). The Balaban J connectivity index is 1.52. The number of pyridine rings is 1. The SMILES string of the molecule is O=C(NCC1CCCO1)c1ccc2[nH]nc(/C=C/c3cccc(F)c3)c2n1. The highest BCUT2D eigenvalue weighted by atomic mass is 19.1. The van der Waals surface area contributed by atoms with Gasteiger partial charge >= 0.3 is 0 Å². The molecule has 3 heterocycles. The van der Waals surface area contributed by atoms with Crippen molar-refractivity contribution in [3.63, 3.8) is 0 Å². The Morgan fingerprint density at radius 1 is 1.33 bits per heavy atom. The number of hydrogen-bond acceptors (Lipinski definition) is 4. The summed E-state index contributed by atoms with van der Waals surface area (Å²) in [6.45, 7) is 1.23. The number of benzene rings is 1. The smallest absolute Gasteiger partial charge is 0.269 e. The molecule has 0 spiro atoms. The molecule has 6 nitrogen and oxygen atoms in total. The molecule has 0 bridgehead atoms. The van der Waals surface area contributed by atoms with Gasteiger partial charge in [-0.05, 0) is 48.7 Å². The van der Waals surface area contributed by atoms with Gasteiger partial charge in [0.05, 0.1) is 11.6 Å². The molecule has 138 valence electrons. The maximum absolute atomic E-state index is 13.3. The number of hydrogen-bond donors (Lipinski definition) is 2. The third kappa shape index (κ3) is 4.03. The van der Waals surface area contributed by atoms with Crippen LogP contribution in [0.15, 0.2) is 36.4 Å². The number of H-pyrrole nitrogens is 1. The second kappa shape index (κ2) is 7.67. The van der Waals surface area contributed by atoms with Crippen molar-refractivity contribution in [2.75, 3.05) is 13.2 Å². The number of amides is 1. The van der Waals surface area contributed by atoms with E-state index in [0.717, 1.165) is 30.5 Å². The molecule has 1 amide bonds. The minimum absolute atomic E-state index is 0.0800. The van der Waals surface area contributed by atoms with Crippen LogP contribution in [0, 0.1) is 5.82 Å². The first-order valence-electron chi connectivity index (χ1n) is 8.87. The van der Waals surface area contributed by atoms with Crippen LogP contribution in [0.1, 0.15) is 34.6 Å². The van der Waals surface area contributed by atoms with Crippen LogP contribution in [0.2, 0.25) is 0 Å². The molecule has 0 radical (unpaired) electrons. The fourth-order valence-electron chi connectivity index (χ4n) is 3.05. The molecular formula is C20H19FN4O2. The molecular weight excluding hydrogens is 347 g/mol. The monoisotopic (exact) mass is 366 g/mol. The Kier molecular flexibility index (Phi) is 4.93. The summed E-state index contributed by atoms with van der Waals surface area (Å²) >= 11 is 0. The molecule has 1 aromatic carbocycles. The van der Waals surface area contributed by atoms with Crippen LogP contribution in [0.4, 0.5) is 4.39 Å². The van der Waals surface area contributed by atoms with E-state index < -0.39 is 0 Å². The molecule has 2 aromatic heterocycles. The van der Waals surface area contributed by atoms with E-state index in [-0.39, 0.29) is 17.8 Å². The van der Waals surface area contributed by atoms with Crippen molar-refractivity contribution < 1.29 is 13.9 Å². The number of aromatic amines is 1. The topological polar surface area (TPSA) is 79.9 Å². The molecule has 0 aliphatic carbocycles. The first-order chi connectivity index (χ1) is 13.2. The lowest BCUT2D eigenvalue weighted by Gasteiger charge is -2.10. The molecule has 1 aliphatic heterocycles. The van der Waals surface area contributed by atoms with Crippen molar-refractivity contribution >= 4 is 29.1 Å². The minimum atomic E-state index is -0.299. The summed E-state index contributed by atoms with van der Waals surface area (Å²) in [6.07, 6.45) is 5.57. The summed E-state index contributed by atoms with van der Waals surface area (Å²) in [4.78, 5) is 16.8. The van der Waals surface area contributed by atoms with Gasteiger partial charge in [-0.3, -0.25) is 9.89 Å². The fourth-order valence-corrected chi connectivity index (χ4v) is 3.05. The Bertz CT molecular complexity index is 993. The molecule has 0 saturated carbocycles. The molecule has 1 unspecified atom stereocenters. The lowest BCUT2D eigenvalue weighted by molar-refractivity contribution is 0.0854. The van der Waals surface area contributed by atoms with E-state index in [2.05, 4.69) is 20.5 Å². The van der Waals surface area contributed by atoms with Gasteiger partial charge in [0.2, 0.25) is 0 Å². The van der Waals surface area contributed by atoms with E-state index in [1.54, 1.807) is 36.4 Å². The molecule has 2 N–H and O–H groups in total. The van der Waals surface area contributed by atoms with E-state index in [9.17, 15) is 9.18 Å². The summed E-state index contributed by atoms with van der Waals surface area (Å²) in [5, 5.41) is 9.98. The third-order valence-electron chi connectivity index (χ3n) is 4.46. The van der Waals surface area contributed by atoms with E-state index in [4.69, 9.17) is 4.74 Å². The quantitative estimate of drug-likeness (QED) is 0.727. The van der Waals surface area contributed by atoms with E-state index in [0.29, 0.717) is 23.4 Å². The number of carbonyl (C=O) groups is 1. The molecule has 1 fully saturated rings. The number of carbonyl (C=O) groups excluding carboxylic acids is 1. The van der Waals surface area contributed by atoms with Crippen molar-refractivity contribution in [1.29, 1.82) is 0 Å². The first kappa shape index (κ1) is 17.4. The van der Waals surface area contributed by atoms with Crippen LogP contribution >= 0.6 is 0 Å². The highest BCUT2D eigenvalue weighted by Crippen LogP contribution is 2.17. The zero-order valence-corrected chi connectivity index (χ0v) is 14.6. The second-order valence-electron chi connectivity index (χ2n) is 6.43. The molecule has 1 atom stereocenters. The first-order valence-corrected chi connectivity index (χ1v) is 8.87. The standard InChI is InChI=1S/C20H19FN4O2/c21-14-4-1-3-13(11-14)6-7-16-19-17(25-24-16)8-9-18(23-19)20(26)22-12-15-5-2-10-27-15/h1,3-4,6-9,11,15H,2,5,10,12H2,(H,22,26)(H,24,25)/b7-6+. The van der Waals surface area contributed by atoms with Crippen molar-refractivity contribution in [3.05, 3.63) is 59.2 Å². The van der Waals surface area contributed by atoms with Crippen molar-refractivity contribution in [2.45, 2.75) is 18.9 Å². The van der Waals surface area contributed by atoms with Crippen molar-refractivity contribution in [2.24, 2.45) is 0 Å². The largest absolute Gasteiger partial charge is 0.376 e. The average Bonchev–Trinajstić information content (AvgIpc) is 3.34. The van der Waals surface area contributed by atoms with Crippen LogP contribution in [0.3, 0.4) is 0 Å². The summed E-state index contributed by atoms with van der Waals surface area (Å²) in [5.41, 5.74) is 2.94. The van der Waals surface area contributed by atoms with Gasteiger partial charge < -0.3 is 10.1 Å². The van der Waals surface area contributed by atoms with E-state index in [1.807, 2.05) is 0 Å². The van der Waals surface area contributed by atoms with Gasteiger partial charge in [0.1, 0.15) is 22.7 Å². The number of halogens is 1. The zero-order valence-electron chi connectivity index (χ0n) is 14.6. The maximum Gasteiger partial charge on any atom is 0.269 e. The number of ether oxygens (including phenoxy) is 1. The Hall–Kier alpha value is -3.06. The Morgan fingerprint density at radius 3 is 3.07 bits per heavy atom. The van der Waals surface area contributed by atoms with Crippen LogP contribution in [-0.2, 0) is 4.74 Å². The average molecular weight is 366 g/mol. The van der Waals surface area contributed by atoms with Crippen LogP contribution in [0.25, 0.3) is 23.2 Å². The normalized spacial score (nSPS) is 17.0. The lowest BCUT2D eigenvalue weighted by Crippen LogP contribution is -2.32. The Morgan fingerprint density at radius 2 is 2.26 bits per heavy atom. The maximum atomic E-state index is 13.3. The predicted molar refractivity (Wildman–Crippen MR) is 101 cm³/mol. The van der Waals surface area contributed by atoms with Gasteiger partial charge in [0, 0.05) is 13.2 Å². The highest BCUT2D eigenvalue weighted by Gasteiger charge is 2.17. The number of nitrogens with zero attached hydrogens (tertiary/aromatic N) is 2. The Labute approximate surface area is 155 Å². The van der Waals surface area contributed by atoms with Crippen molar-refractivity contribution in [3.8, 4) is 0 Å². The number of fused-ring (bicyclic) bond motifs is 1. The molecule has 1 saturated heterocycles. The van der Waals surface area contributed by atoms with Gasteiger partial charge in [0.15, 0.2) is 0 Å². The predicted octanol–water partition coefficient (Wildman–Crippen LogP) is 3.18. The molecule has 1 aliphatic rings. The summed E-state index contributed by atoms with van der Waals surface area (Å²) in [7, 11) is 0. The van der Waals surface area contributed by atoms with Crippen LogP contribution in [0.5, 0.6) is 0 Å². The lowest BCUT2D eigenvalue weighted by atomic mass is 10.2. The zero-order chi connectivity index (χ0) is 18.6. The van der Waals surface area contributed by atoms with Crippen LogP contribution < -0.4 is 5.32 Å². The van der Waals surface area contributed by atoms with Gasteiger partial charge in [-0.15, -0.1) is 0 Å². The van der Waals surface area contributed by atoms with Gasteiger partial charge in [-0.2, -0.15) is 5.10 Å². The third-order valence-corrected chi connectivity index (χ3v) is 4.46. The summed E-state index contributed by atoms with van der Waals surface area (Å²) in [5.74, 6) is -0.541. The molecule has 7 heteroatoms. The van der Waals surface area contributed by atoms with Gasteiger partial charge in [0.25, 0.3) is 5.91 Å². The number of aromatic nitrogens is 3.